The fourth-order valence-electron chi connectivity index (χ4n) is 4.26. The van der Waals surface area contributed by atoms with E-state index in [-0.39, 0.29) is 15.6 Å². The van der Waals surface area contributed by atoms with Crippen LogP contribution < -0.4 is 9.62 Å². The lowest BCUT2D eigenvalue weighted by molar-refractivity contribution is -0.117. The molecule has 3 aromatic rings. The van der Waals surface area contributed by atoms with Crippen LogP contribution >= 0.6 is 11.6 Å². The van der Waals surface area contributed by atoms with Crippen molar-refractivity contribution >= 4 is 44.8 Å². The summed E-state index contributed by atoms with van der Waals surface area (Å²) in [5.41, 5.74) is 2.13. The van der Waals surface area contributed by atoms with Gasteiger partial charge < -0.3 is 14.7 Å². The molecule has 0 unspecified atom stereocenters. The molecule has 0 spiro atoms. The van der Waals surface area contributed by atoms with E-state index >= 15 is 0 Å². The Kier molecular flexibility index (Phi) is 7.03. The van der Waals surface area contributed by atoms with Crippen molar-refractivity contribution in [2.45, 2.75) is 24.2 Å². The molecule has 8 nitrogen and oxygen atoms in total. The van der Waals surface area contributed by atoms with E-state index in [0.717, 1.165) is 35.1 Å². The molecule has 10 heteroatoms. The van der Waals surface area contributed by atoms with Crippen molar-refractivity contribution in [3.8, 4) is 5.75 Å². The second kappa shape index (κ2) is 9.91. The van der Waals surface area contributed by atoms with E-state index in [1.807, 2.05) is 50.1 Å². The van der Waals surface area contributed by atoms with Crippen LogP contribution in [0.25, 0.3) is 0 Å². The molecule has 37 heavy (non-hydrogen) atoms. The van der Waals surface area contributed by atoms with Gasteiger partial charge in [0.1, 0.15) is 11.3 Å². The zero-order valence-electron chi connectivity index (χ0n) is 20.4. The van der Waals surface area contributed by atoms with E-state index < -0.39 is 45.1 Å². The largest absolute Gasteiger partial charge is 0.507 e. The van der Waals surface area contributed by atoms with Crippen LogP contribution in [0.2, 0.25) is 5.02 Å². The quantitative estimate of drug-likeness (QED) is 0.324. The van der Waals surface area contributed by atoms with Gasteiger partial charge in [0.2, 0.25) is 0 Å². The molecule has 0 atom stereocenters. The maximum Gasteiger partial charge on any atom is 0.342 e. The number of nitrogens with zero attached hydrogens (tertiary/aromatic N) is 1. The van der Waals surface area contributed by atoms with Crippen LogP contribution in [0.5, 0.6) is 5.75 Å². The van der Waals surface area contributed by atoms with Gasteiger partial charge in [0.05, 0.1) is 15.6 Å². The summed E-state index contributed by atoms with van der Waals surface area (Å²) >= 11 is 6.03. The summed E-state index contributed by atoms with van der Waals surface area (Å²) in [6.45, 7) is 3.42. The van der Waals surface area contributed by atoms with Crippen molar-refractivity contribution in [2.24, 2.45) is 0 Å². The van der Waals surface area contributed by atoms with Crippen LogP contribution in [0, 0.1) is 0 Å². The molecular formula is C27H25ClN2O6S. The number of halogens is 1. The first-order chi connectivity index (χ1) is 17.4. The van der Waals surface area contributed by atoms with Crippen LogP contribution in [-0.2, 0) is 25.0 Å². The molecule has 0 saturated heterocycles. The number of hydrogen-bond acceptors (Lipinski definition) is 7. The molecule has 0 aromatic heterocycles. The number of ketones is 1. The highest BCUT2D eigenvalue weighted by Gasteiger charge is 2.38. The Morgan fingerprint density at radius 2 is 1.76 bits per heavy atom. The molecule has 0 fully saturated rings. The zero-order chi connectivity index (χ0) is 27.0. The van der Waals surface area contributed by atoms with Crippen molar-refractivity contribution in [3.63, 3.8) is 0 Å². The number of likely N-dealkylation sites (N-methyl/N-ethyl adjacent to an activating group) is 1. The molecule has 0 bridgehead atoms. The number of para-hydroxylation sites is 2. The SMILES string of the molecule is CN1C(=CC(=O)COC(=O)c2cc(S(=O)(=O)Nc3ccccc3Cl)ccc2O)C(C)(C)c2ccccc21. The van der Waals surface area contributed by atoms with Gasteiger partial charge in [-0.05, 0) is 42.0 Å². The van der Waals surface area contributed by atoms with E-state index in [2.05, 4.69) is 4.72 Å². The molecule has 1 aliphatic heterocycles. The van der Waals surface area contributed by atoms with Gasteiger partial charge in [-0.15, -0.1) is 0 Å². The number of benzene rings is 3. The van der Waals surface area contributed by atoms with E-state index in [4.69, 9.17) is 16.3 Å². The van der Waals surface area contributed by atoms with Gasteiger partial charge >= 0.3 is 5.97 Å². The Labute approximate surface area is 220 Å². The second-order valence-corrected chi connectivity index (χ2v) is 11.1. The number of hydrogen-bond donors (Lipinski definition) is 2. The van der Waals surface area contributed by atoms with Crippen LogP contribution in [-0.4, -0.2) is 38.9 Å². The fourth-order valence-corrected chi connectivity index (χ4v) is 5.61. The Hall–Kier alpha value is -3.82. The number of phenolic OH excluding ortho intramolecular Hbond substituents is 1. The van der Waals surface area contributed by atoms with E-state index in [9.17, 15) is 23.1 Å². The molecule has 3 aromatic carbocycles. The number of nitrogens with one attached hydrogen (secondary N) is 1. The third-order valence-corrected chi connectivity index (χ3v) is 7.89. The monoisotopic (exact) mass is 540 g/mol. The second-order valence-electron chi connectivity index (χ2n) is 9.04. The maximum atomic E-state index is 12.8. The van der Waals surface area contributed by atoms with Crippen LogP contribution in [0.3, 0.4) is 0 Å². The van der Waals surface area contributed by atoms with Gasteiger partial charge in [-0.3, -0.25) is 9.52 Å². The van der Waals surface area contributed by atoms with E-state index in [0.29, 0.717) is 0 Å². The number of fused-ring (bicyclic) bond motifs is 1. The highest BCUT2D eigenvalue weighted by atomic mass is 35.5. The van der Waals surface area contributed by atoms with E-state index in [1.165, 1.54) is 18.2 Å². The standard InChI is InChI=1S/C27H25ClN2O6S/c1-27(2)20-8-4-7-11-23(20)30(3)25(27)14-17(31)16-36-26(33)19-15-18(12-13-24(19)32)37(34,35)29-22-10-6-5-9-21(22)28/h4-15,29,32H,16H2,1-3H3. The first-order valence-electron chi connectivity index (χ1n) is 11.3. The minimum absolute atomic E-state index is 0.155. The average Bonchev–Trinajstić information content (AvgIpc) is 3.04. The van der Waals surface area contributed by atoms with Crippen LogP contribution in [0.15, 0.2) is 83.4 Å². The van der Waals surface area contributed by atoms with Crippen LogP contribution in [0.1, 0.15) is 29.8 Å². The lowest BCUT2D eigenvalue weighted by atomic mass is 9.83. The van der Waals surface area contributed by atoms with Gasteiger partial charge in [-0.2, -0.15) is 0 Å². The molecule has 2 N–H and O–H groups in total. The number of phenols is 1. The predicted octanol–water partition coefficient (Wildman–Crippen LogP) is 4.88. The van der Waals surface area contributed by atoms with E-state index in [1.54, 1.807) is 12.1 Å². The Morgan fingerprint density at radius 1 is 1.08 bits per heavy atom. The number of esters is 1. The summed E-state index contributed by atoms with van der Waals surface area (Å²) in [6.07, 6.45) is 1.43. The average molecular weight is 541 g/mol. The van der Waals surface area contributed by atoms with Crippen molar-refractivity contribution in [2.75, 3.05) is 23.3 Å². The topological polar surface area (TPSA) is 113 Å². The number of allylic oxidation sites excluding steroid dienone is 1. The number of carbonyl (C=O) groups is 2. The number of rotatable bonds is 7. The smallest absolute Gasteiger partial charge is 0.342 e. The lowest BCUT2D eigenvalue weighted by Crippen LogP contribution is -2.25. The third kappa shape index (κ3) is 5.19. The highest BCUT2D eigenvalue weighted by Crippen LogP contribution is 2.46. The predicted molar refractivity (Wildman–Crippen MR) is 142 cm³/mol. The summed E-state index contributed by atoms with van der Waals surface area (Å²) in [5.74, 6) is -1.99. The summed E-state index contributed by atoms with van der Waals surface area (Å²) in [5, 5.41) is 10.4. The van der Waals surface area contributed by atoms with Gasteiger partial charge in [0.15, 0.2) is 12.4 Å². The number of ether oxygens (including phenoxy) is 1. The molecule has 1 heterocycles. The van der Waals surface area contributed by atoms with Gasteiger partial charge in [0.25, 0.3) is 10.0 Å². The minimum Gasteiger partial charge on any atom is -0.507 e. The fraction of sp³-hybridized carbons (Fsp3) is 0.185. The first-order valence-corrected chi connectivity index (χ1v) is 13.1. The highest BCUT2D eigenvalue weighted by molar-refractivity contribution is 7.92. The number of carbonyl (C=O) groups excluding carboxylic acids is 2. The van der Waals surface area contributed by atoms with Crippen LogP contribution in [0.4, 0.5) is 11.4 Å². The van der Waals surface area contributed by atoms with Crippen molar-refractivity contribution in [1.82, 2.24) is 0 Å². The molecule has 192 valence electrons. The normalized spacial score (nSPS) is 15.4. The molecule has 0 aliphatic carbocycles. The Balaban J connectivity index is 1.49. The van der Waals surface area contributed by atoms with Crippen molar-refractivity contribution in [1.29, 1.82) is 0 Å². The zero-order valence-corrected chi connectivity index (χ0v) is 21.9. The summed E-state index contributed by atoms with van der Waals surface area (Å²) < 4.78 is 33.1. The lowest BCUT2D eigenvalue weighted by Gasteiger charge is -2.23. The molecule has 1 aliphatic rings. The van der Waals surface area contributed by atoms with Gasteiger partial charge in [-0.25, -0.2) is 13.2 Å². The third-order valence-electron chi connectivity index (χ3n) is 6.20. The van der Waals surface area contributed by atoms with Gasteiger partial charge in [-0.1, -0.05) is 55.8 Å². The summed E-state index contributed by atoms with van der Waals surface area (Å²) in [7, 11) is -2.28. The minimum atomic E-state index is -4.14. The summed E-state index contributed by atoms with van der Waals surface area (Å²) in [6, 6.07) is 17.3. The first kappa shape index (κ1) is 26.2. The number of sulfonamides is 1. The number of anilines is 2. The molecular weight excluding hydrogens is 516 g/mol. The molecule has 0 radical (unpaired) electrons. The Bertz CT molecular complexity index is 1530. The Morgan fingerprint density at radius 3 is 2.46 bits per heavy atom. The summed E-state index contributed by atoms with van der Waals surface area (Å²) in [4.78, 5) is 27.0. The van der Waals surface area contributed by atoms with Crippen molar-refractivity contribution in [3.05, 3.63) is 94.7 Å². The molecule has 4 rings (SSSR count). The van der Waals surface area contributed by atoms with Gasteiger partial charge in [0, 0.05) is 29.9 Å². The van der Waals surface area contributed by atoms with Crippen molar-refractivity contribution < 1.29 is 27.9 Å². The number of aromatic hydroxyl groups is 1. The molecule has 0 saturated carbocycles. The maximum absolute atomic E-state index is 12.8. The molecule has 0 amide bonds.